The molecule has 1 nitrogen and oxygen atoms in total. The Hall–Kier alpha value is -7.48. The fourth-order valence-corrected chi connectivity index (χ4v) is 10.1. The van der Waals surface area contributed by atoms with E-state index in [-0.39, 0.29) is 0 Å². The lowest BCUT2D eigenvalue weighted by Crippen LogP contribution is -2.28. The van der Waals surface area contributed by atoms with Gasteiger partial charge in [-0.1, -0.05) is 182 Å². The van der Waals surface area contributed by atoms with E-state index in [1.54, 1.807) is 0 Å². The molecule has 1 heterocycles. The first-order chi connectivity index (χ1) is 28.8. The summed E-state index contributed by atoms with van der Waals surface area (Å²) in [6, 6.07) is 83.0. The van der Waals surface area contributed by atoms with Gasteiger partial charge in [0.05, 0.1) is 16.4 Å². The van der Waals surface area contributed by atoms with Crippen molar-refractivity contribution in [1.82, 2.24) is 4.57 Å². The third-order valence-electron chi connectivity index (χ3n) is 12.6. The molecular weight excluding hydrogens is 699 g/mol. The van der Waals surface area contributed by atoms with Crippen molar-refractivity contribution in [3.63, 3.8) is 0 Å². The first kappa shape index (κ1) is 32.7. The molecule has 270 valence electrons. The van der Waals surface area contributed by atoms with Crippen LogP contribution in [0.15, 0.2) is 224 Å². The number of hydrogen-bond acceptors (Lipinski definition) is 0. The van der Waals surface area contributed by atoms with Crippen molar-refractivity contribution in [3.05, 3.63) is 247 Å². The maximum atomic E-state index is 2.39. The summed E-state index contributed by atoms with van der Waals surface area (Å²) in [5.41, 5.74) is 16.0. The second kappa shape index (κ2) is 12.8. The van der Waals surface area contributed by atoms with Crippen LogP contribution in [0.3, 0.4) is 0 Å². The molecule has 1 aliphatic carbocycles. The summed E-state index contributed by atoms with van der Waals surface area (Å²) in [6.07, 6.45) is 0. The summed E-state index contributed by atoms with van der Waals surface area (Å²) in [4.78, 5) is 0. The standard InChI is InChI=1S/C57H37N/c1-4-14-45(15-5-1)57(46-16-6-2-7-17-46)53-22-12-10-20-49(53)52-33-30-44-36-42(28-31-48(44)56(52)57)40-25-24-39-35-41(27-26-38(39)34-40)43-29-32-51-50-21-11-13-23-54(50)58(55(51)37-43)47-18-8-3-9-19-47/h1-37H. The van der Waals surface area contributed by atoms with E-state index in [1.807, 2.05) is 0 Å². The lowest BCUT2D eigenvalue weighted by molar-refractivity contribution is 0.775. The Morgan fingerprint density at radius 3 is 1.50 bits per heavy atom. The highest BCUT2D eigenvalue weighted by atomic mass is 15.0. The average Bonchev–Trinajstić information content (AvgIpc) is 3.80. The van der Waals surface area contributed by atoms with Crippen molar-refractivity contribution in [2.45, 2.75) is 5.41 Å². The Kier molecular flexibility index (Phi) is 7.21. The minimum Gasteiger partial charge on any atom is -0.309 e. The number of hydrogen-bond donors (Lipinski definition) is 0. The Morgan fingerprint density at radius 2 is 0.810 bits per heavy atom. The van der Waals surface area contributed by atoms with Gasteiger partial charge in [0, 0.05) is 16.5 Å². The molecule has 0 radical (unpaired) electrons. The summed E-state index contributed by atoms with van der Waals surface area (Å²) >= 11 is 0. The van der Waals surface area contributed by atoms with Crippen molar-refractivity contribution < 1.29 is 0 Å². The van der Waals surface area contributed by atoms with Crippen LogP contribution in [0, 0.1) is 0 Å². The highest BCUT2D eigenvalue weighted by Gasteiger charge is 2.46. The maximum Gasteiger partial charge on any atom is 0.0719 e. The van der Waals surface area contributed by atoms with Crippen molar-refractivity contribution >= 4 is 43.4 Å². The van der Waals surface area contributed by atoms with Crippen LogP contribution in [0.25, 0.3) is 82.4 Å². The molecule has 1 aromatic heterocycles. The Balaban J connectivity index is 0.960. The van der Waals surface area contributed by atoms with Gasteiger partial charge >= 0.3 is 0 Å². The molecule has 58 heavy (non-hydrogen) atoms. The molecule has 1 aliphatic rings. The van der Waals surface area contributed by atoms with Crippen molar-refractivity contribution in [1.29, 1.82) is 0 Å². The van der Waals surface area contributed by atoms with Crippen LogP contribution in [0.1, 0.15) is 22.3 Å². The minimum atomic E-state index is -0.432. The second-order valence-electron chi connectivity index (χ2n) is 15.6. The molecule has 1 heteroatoms. The van der Waals surface area contributed by atoms with Crippen molar-refractivity contribution in [2.24, 2.45) is 0 Å². The van der Waals surface area contributed by atoms with Crippen LogP contribution in [0.4, 0.5) is 0 Å². The molecule has 0 aliphatic heterocycles. The third-order valence-corrected chi connectivity index (χ3v) is 12.6. The highest BCUT2D eigenvalue weighted by Crippen LogP contribution is 2.58. The van der Waals surface area contributed by atoms with Gasteiger partial charge in [0.1, 0.15) is 0 Å². The van der Waals surface area contributed by atoms with E-state index in [9.17, 15) is 0 Å². The fraction of sp³-hybridized carbons (Fsp3) is 0.0175. The molecule has 0 bridgehead atoms. The summed E-state index contributed by atoms with van der Waals surface area (Å²) < 4.78 is 2.39. The number of aromatic nitrogens is 1. The molecule has 11 aromatic rings. The SMILES string of the molecule is c1ccc(-n2c3ccccc3c3ccc(-c4ccc5cc(-c6ccc7c8c(ccc7c6)-c6ccccc6C8(c6ccccc6)c6ccccc6)ccc5c4)cc32)cc1. The maximum absolute atomic E-state index is 2.39. The molecule has 0 saturated carbocycles. The highest BCUT2D eigenvalue weighted by molar-refractivity contribution is 6.10. The van der Waals surface area contributed by atoms with Crippen LogP contribution in [-0.2, 0) is 5.41 Å². The van der Waals surface area contributed by atoms with E-state index >= 15 is 0 Å². The lowest BCUT2D eigenvalue weighted by Gasteiger charge is -2.34. The molecule has 0 spiro atoms. The summed E-state index contributed by atoms with van der Waals surface area (Å²) in [5.74, 6) is 0. The number of rotatable bonds is 5. The van der Waals surface area contributed by atoms with E-state index in [2.05, 4.69) is 229 Å². The van der Waals surface area contributed by atoms with Gasteiger partial charge in [0.15, 0.2) is 0 Å². The molecule has 0 fully saturated rings. The first-order valence-corrected chi connectivity index (χ1v) is 20.2. The topological polar surface area (TPSA) is 4.93 Å². The molecule has 0 N–H and O–H groups in total. The van der Waals surface area contributed by atoms with E-state index in [1.165, 1.54) is 105 Å². The Bertz CT molecular complexity index is 3330. The average molecular weight is 736 g/mol. The van der Waals surface area contributed by atoms with Crippen molar-refractivity contribution in [3.8, 4) is 39.1 Å². The number of para-hydroxylation sites is 2. The van der Waals surface area contributed by atoms with E-state index in [0.29, 0.717) is 0 Å². The van der Waals surface area contributed by atoms with Gasteiger partial charge < -0.3 is 4.57 Å². The minimum absolute atomic E-state index is 0.432. The lowest BCUT2D eigenvalue weighted by atomic mass is 9.66. The van der Waals surface area contributed by atoms with Crippen LogP contribution in [-0.4, -0.2) is 4.57 Å². The number of fused-ring (bicyclic) bond motifs is 9. The monoisotopic (exact) mass is 735 g/mol. The zero-order chi connectivity index (χ0) is 38.2. The predicted molar refractivity (Wildman–Crippen MR) is 244 cm³/mol. The molecule has 0 saturated heterocycles. The zero-order valence-electron chi connectivity index (χ0n) is 31.8. The van der Waals surface area contributed by atoms with Crippen LogP contribution in [0.5, 0.6) is 0 Å². The van der Waals surface area contributed by atoms with Gasteiger partial charge in [-0.05, 0) is 120 Å². The molecule has 0 unspecified atom stereocenters. The molecule has 0 atom stereocenters. The first-order valence-electron chi connectivity index (χ1n) is 20.2. The summed E-state index contributed by atoms with van der Waals surface area (Å²) in [7, 11) is 0. The Labute approximate surface area is 337 Å². The van der Waals surface area contributed by atoms with Gasteiger partial charge in [-0.25, -0.2) is 0 Å². The zero-order valence-corrected chi connectivity index (χ0v) is 31.8. The number of nitrogens with zero attached hydrogens (tertiary/aromatic N) is 1. The van der Waals surface area contributed by atoms with E-state index < -0.39 is 5.41 Å². The summed E-state index contributed by atoms with van der Waals surface area (Å²) in [5, 5.41) is 7.55. The molecule has 0 amide bonds. The number of benzene rings is 10. The van der Waals surface area contributed by atoms with E-state index in [0.717, 1.165) is 0 Å². The largest absolute Gasteiger partial charge is 0.309 e. The van der Waals surface area contributed by atoms with E-state index in [4.69, 9.17) is 0 Å². The Morgan fingerprint density at radius 1 is 0.310 bits per heavy atom. The van der Waals surface area contributed by atoms with Crippen LogP contribution < -0.4 is 0 Å². The van der Waals surface area contributed by atoms with Crippen molar-refractivity contribution in [2.75, 3.05) is 0 Å². The van der Waals surface area contributed by atoms with Gasteiger partial charge in [-0.15, -0.1) is 0 Å². The summed E-state index contributed by atoms with van der Waals surface area (Å²) in [6.45, 7) is 0. The van der Waals surface area contributed by atoms with Gasteiger partial charge in [0.25, 0.3) is 0 Å². The third kappa shape index (κ3) is 4.77. The second-order valence-corrected chi connectivity index (χ2v) is 15.6. The smallest absolute Gasteiger partial charge is 0.0719 e. The van der Waals surface area contributed by atoms with Gasteiger partial charge in [0.2, 0.25) is 0 Å². The molecule has 12 rings (SSSR count). The molecular formula is C57H37N. The van der Waals surface area contributed by atoms with Gasteiger partial charge in [-0.2, -0.15) is 0 Å². The van der Waals surface area contributed by atoms with Crippen LogP contribution >= 0.6 is 0 Å². The fourth-order valence-electron chi connectivity index (χ4n) is 10.1. The predicted octanol–water partition coefficient (Wildman–Crippen LogP) is 14.8. The quantitative estimate of drug-likeness (QED) is 0.166. The molecule has 10 aromatic carbocycles. The normalized spacial score (nSPS) is 13.0. The van der Waals surface area contributed by atoms with Crippen LogP contribution in [0.2, 0.25) is 0 Å². The van der Waals surface area contributed by atoms with Gasteiger partial charge in [-0.3, -0.25) is 0 Å².